The lowest BCUT2D eigenvalue weighted by Gasteiger charge is -2.21. The van der Waals surface area contributed by atoms with Crippen molar-refractivity contribution in [3.05, 3.63) is 22.8 Å². The average Bonchev–Trinajstić information content (AvgIpc) is 2.21. The van der Waals surface area contributed by atoms with Gasteiger partial charge in [-0.3, -0.25) is 4.79 Å². The van der Waals surface area contributed by atoms with Crippen LogP contribution in [0.25, 0.3) is 0 Å². The van der Waals surface area contributed by atoms with Crippen LogP contribution in [0.1, 0.15) is 63.1 Å². The van der Waals surface area contributed by atoms with Gasteiger partial charge < -0.3 is 9.84 Å². The number of hydrogen-bond acceptors (Lipinski definition) is 3. The number of aromatic hydroxyl groups is 1. The van der Waals surface area contributed by atoms with E-state index in [1.807, 2.05) is 34.6 Å². The van der Waals surface area contributed by atoms with Crippen molar-refractivity contribution in [1.29, 1.82) is 0 Å². The number of ether oxygens (including phenoxy) is 1. The first-order valence-electron chi connectivity index (χ1n) is 6.30. The second kappa shape index (κ2) is 5.42. The lowest BCUT2D eigenvalue weighted by Crippen LogP contribution is -2.10. The van der Waals surface area contributed by atoms with E-state index in [9.17, 15) is 9.90 Å². The summed E-state index contributed by atoms with van der Waals surface area (Å²) in [6, 6.07) is 1.70. The van der Waals surface area contributed by atoms with Crippen molar-refractivity contribution < 1.29 is 14.6 Å². The van der Waals surface area contributed by atoms with E-state index in [2.05, 4.69) is 0 Å². The first-order valence-corrected chi connectivity index (χ1v) is 6.30. The van der Waals surface area contributed by atoms with Crippen LogP contribution in [0.15, 0.2) is 6.07 Å². The van der Waals surface area contributed by atoms with Crippen molar-refractivity contribution in [2.75, 3.05) is 0 Å². The monoisotopic (exact) mass is 250 g/mol. The van der Waals surface area contributed by atoms with E-state index in [1.165, 1.54) is 6.92 Å². The molecule has 0 aliphatic rings. The van der Waals surface area contributed by atoms with Crippen LogP contribution in [-0.2, 0) is 4.79 Å². The molecule has 0 aliphatic carbocycles. The Kier molecular flexibility index (Phi) is 4.38. The van der Waals surface area contributed by atoms with E-state index >= 15 is 0 Å². The average molecular weight is 250 g/mol. The molecule has 3 heteroatoms. The molecular weight excluding hydrogens is 228 g/mol. The van der Waals surface area contributed by atoms with Crippen molar-refractivity contribution in [3.63, 3.8) is 0 Å². The van der Waals surface area contributed by atoms with E-state index in [0.717, 1.165) is 16.7 Å². The Bertz CT molecular complexity index is 459. The van der Waals surface area contributed by atoms with Crippen molar-refractivity contribution >= 4 is 5.97 Å². The highest BCUT2D eigenvalue weighted by molar-refractivity contribution is 5.71. The van der Waals surface area contributed by atoms with Crippen LogP contribution in [0.4, 0.5) is 0 Å². The molecule has 1 rings (SSSR count). The minimum absolute atomic E-state index is 0.184. The summed E-state index contributed by atoms with van der Waals surface area (Å²) in [5, 5.41) is 10.00. The fraction of sp³-hybridized carbons (Fsp3) is 0.533. The molecule has 1 aromatic carbocycles. The molecule has 18 heavy (non-hydrogen) atoms. The number of hydrogen-bond donors (Lipinski definition) is 1. The summed E-state index contributed by atoms with van der Waals surface area (Å²) in [7, 11) is 0. The zero-order chi connectivity index (χ0) is 14.0. The molecule has 0 amide bonds. The number of phenolic OH excluding ortho intramolecular Hbond substituents is 1. The molecule has 0 saturated heterocycles. The van der Waals surface area contributed by atoms with Crippen LogP contribution >= 0.6 is 0 Å². The minimum atomic E-state index is -0.330. The second-order valence-electron chi connectivity index (χ2n) is 5.26. The van der Waals surface area contributed by atoms with Crippen molar-refractivity contribution in [2.24, 2.45) is 0 Å². The molecular formula is C15H22O3. The standard InChI is InChI=1S/C15H22O3/c1-8(2)12-7-13(17)10(5)14(9(3)4)15(12)18-11(6)16/h7-9,17H,1-6H3. The molecule has 0 spiro atoms. The number of carbonyl (C=O) groups excluding carboxylic acids is 1. The molecule has 3 nitrogen and oxygen atoms in total. The van der Waals surface area contributed by atoms with E-state index in [1.54, 1.807) is 6.07 Å². The van der Waals surface area contributed by atoms with E-state index in [-0.39, 0.29) is 23.6 Å². The van der Waals surface area contributed by atoms with Crippen molar-refractivity contribution in [1.82, 2.24) is 0 Å². The predicted molar refractivity (Wildman–Crippen MR) is 72.3 cm³/mol. The van der Waals surface area contributed by atoms with E-state index in [4.69, 9.17) is 4.74 Å². The number of phenols is 1. The van der Waals surface area contributed by atoms with Gasteiger partial charge in [-0.1, -0.05) is 27.7 Å². The minimum Gasteiger partial charge on any atom is -0.508 e. The highest BCUT2D eigenvalue weighted by atomic mass is 16.5. The number of rotatable bonds is 3. The Morgan fingerprint density at radius 2 is 1.78 bits per heavy atom. The van der Waals surface area contributed by atoms with Gasteiger partial charge in [0.25, 0.3) is 0 Å². The van der Waals surface area contributed by atoms with Gasteiger partial charge in [0.2, 0.25) is 0 Å². The van der Waals surface area contributed by atoms with E-state index in [0.29, 0.717) is 5.75 Å². The maximum Gasteiger partial charge on any atom is 0.308 e. The maximum absolute atomic E-state index is 11.3. The molecule has 0 fully saturated rings. The van der Waals surface area contributed by atoms with Crippen LogP contribution in [0.2, 0.25) is 0 Å². The zero-order valence-corrected chi connectivity index (χ0v) is 12.0. The van der Waals surface area contributed by atoms with Gasteiger partial charge >= 0.3 is 5.97 Å². The highest BCUT2D eigenvalue weighted by Crippen LogP contribution is 2.41. The fourth-order valence-corrected chi connectivity index (χ4v) is 2.17. The number of carbonyl (C=O) groups is 1. The Labute approximate surface area is 109 Å². The van der Waals surface area contributed by atoms with Gasteiger partial charge in [-0.05, 0) is 30.4 Å². The van der Waals surface area contributed by atoms with Gasteiger partial charge in [0, 0.05) is 18.1 Å². The quantitative estimate of drug-likeness (QED) is 0.654. The van der Waals surface area contributed by atoms with Crippen LogP contribution in [0.5, 0.6) is 11.5 Å². The smallest absolute Gasteiger partial charge is 0.308 e. The van der Waals surface area contributed by atoms with Gasteiger partial charge in [0.15, 0.2) is 0 Å². The largest absolute Gasteiger partial charge is 0.508 e. The molecule has 0 radical (unpaired) electrons. The van der Waals surface area contributed by atoms with Crippen LogP contribution in [0, 0.1) is 6.92 Å². The third-order valence-corrected chi connectivity index (χ3v) is 3.03. The summed E-state index contributed by atoms with van der Waals surface area (Å²) >= 11 is 0. The summed E-state index contributed by atoms with van der Waals surface area (Å²) in [5.41, 5.74) is 2.57. The summed E-state index contributed by atoms with van der Waals surface area (Å²) in [5.74, 6) is 0.914. The Morgan fingerprint density at radius 1 is 1.22 bits per heavy atom. The lowest BCUT2D eigenvalue weighted by atomic mass is 9.89. The molecule has 0 aromatic heterocycles. The predicted octanol–water partition coefficient (Wildman–Crippen LogP) is 3.87. The van der Waals surface area contributed by atoms with Crippen LogP contribution in [-0.4, -0.2) is 11.1 Å². The molecule has 1 N–H and O–H groups in total. The Balaban J connectivity index is 3.57. The normalized spacial score (nSPS) is 11.1. The third-order valence-electron chi connectivity index (χ3n) is 3.03. The zero-order valence-electron chi connectivity index (χ0n) is 12.0. The highest BCUT2D eigenvalue weighted by Gasteiger charge is 2.21. The van der Waals surface area contributed by atoms with Gasteiger partial charge in [-0.15, -0.1) is 0 Å². The number of esters is 1. The molecule has 100 valence electrons. The molecule has 0 aliphatic heterocycles. The molecule has 0 unspecified atom stereocenters. The number of benzene rings is 1. The van der Waals surface area contributed by atoms with E-state index < -0.39 is 0 Å². The summed E-state index contributed by atoms with van der Waals surface area (Å²) in [6.07, 6.45) is 0. The topological polar surface area (TPSA) is 46.5 Å². The first-order chi connectivity index (χ1) is 8.25. The van der Waals surface area contributed by atoms with Gasteiger partial charge in [-0.25, -0.2) is 0 Å². The van der Waals surface area contributed by atoms with Gasteiger partial charge in [0.1, 0.15) is 11.5 Å². The molecule has 0 saturated carbocycles. The van der Waals surface area contributed by atoms with Crippen LogP contribution < -0.4 is 4.74 Å². The molecule has 0 atom stereocenters. The lowest BCUT2D eigenvalue weighted by molar-refractivity contribution is -0.132. The van der Waals surface area contributed by atoms with Crippen molar-refractivity contribution in [3.8, 4) is 11.5 Å². The molecule has 0 bridgehead atoms. The molecule has 0 heterocycles. The summed E-state index contributed by atoms with van der Waals surface area (Å²) < 4.78 is 5.38. The second-order valence-corrected chi connectivity index (χ2v) is 5.26. The molecule has 1 aromatic rings. The SMILES string of the molecule is CC(=O)Oc1c(C(C)C)cc(O)c(C)c1C(C)C. The Hall–Kier alpha value is -1.51. The Morgan fingerprint density at radius 3 is 2.17 bits per heavy atom. The third kappa shape index (κ3) is 2.84. The fourth-order valence-electron chi connectivity index (χ4n) is 2.17. The maximum atomic E-state index is 11.3. The summed E-state index contributed by atoms with van der Waals surface area (Å²) in [6.45, 7) is 11.3. The summed E-state index contributed by atoms with van der Waals surface area (Å²) in [4.78, 5) is 11.3. The van der Waals surface area contributed by atoms with Crippen molar-refractivity contribution in [2.45, 2.75) is 53.4 Å². The van der Waals surface area contributed by atoms with Gasteiger partial charge in [0.05, 0.1) is 0 Å². The first kappa shape index (κ1) is 14.6. The van der Waals surface area contributed by atoms with Crippen LogP contribution in [0.3, 0.4) is 0 Å². The van der Waals surface area contributed by atoms with Gasteiger partial charge in [-0.2, -0.15) is 0 Å².